The molecule has 94 valence electrons. The quantitative estimate of drug-likeness (QED) is 0.901. The number of nitrogens with zero attached hydrogens (tertiary/aromatic N) is 1. The van der Waals surface area contributed by atoms with Gasteiger partial charge in [-0.1, -0.05) is 0 Å². The standard InChI is InChI=1S/C13H11F3N2/c1-8(12-5-3-10(15)7-17-12)18-13-6-9(14)2-4-11(13)16/h2-8,18H,1H3. The summed E-state index contributed by atoms with van der Waals surface area (Å²) in [6.45, 7) is 1.73. The molecule has 0 saturated heterocycles. The molecule has 5 heteroatoms. The summed E-state index contributed by atoms with van der Waals surface area (Å²) in [7, 11) is 0. The number of hydrogen-bond acceptors (Lipinski definition) is 2. The van der Waals surface area contributed by atoms with Gasteiger partial charge in [-0.25, -0.2) is 13.2 Å². The Morgan fingerprint density at radius 3 is 2.44 bits per heavy atom. The lowest BCUT2D eigenvalue weighted by Gasteiger charge is -2.15. The lowest BCUT2D eigenvalue weighted by molar-refractivity contribution is 0.599. The van der Waals surface area contributed by atoms with Gasteiger partial charge < -0.3 is 5.32 Å². The zero-order chi connectivity index (χ0) is 13.1. The van der Waals surface area contributed by atoms with Gasteiger partial charge in [-0.3, -0.25) is 4.98 Å². The van der Waals surface area contributed by atoms with Crippen LogP contribution in [0.1, 0.15) is 18.7 Å². The Bertz CT molecular complexity index is 540. The fourth-order valence-electron chi connectivity index (χ4n) is 1.56. The monoisotopic (exact) mass is 252 g/mol. The van der Waals surface area contributed by atoms with Crippen molar-refractivity contribution in [2.24, 2.45) is 0 Å². The lowest BCUT2D eigenvalue weighted by Crippen LogP contribution is -2.09. The van der Waals surface area contributed by atoms with Crippen LogP contribution in [0.4, 0.5) is 18.9 Å². The van der Waals surface area contributed by atoms with Crippen LogP contribution in [0.5, 0.6) is 0 Å². The van der Waals surface area contributed by atoms with Gasteiger partial charge in [-0.15, -0.1) is 0 Å². The smallest absolute Gasteiger partial charge is 0.146 e. The highest BCUT2D eigenvalue weighted by Gasteiger charge is 2.10. The molecule has 1 aromatic heterocycles. The first-order valence-corrected chi connectivity index (χ1v) is 5.39. The molecule has 0 radical (unpaired) electrons. The molecule has 0 aliphatic heterocycles. The highest BCUT2D eigenvalue weighted by atomic mass is 19.1. The Kier molecular flexibility index (Phi) is 3.50. The van der Waals surface area contributed by atoms with E-state index in [0.717, 1.165) is 24.4 Å². The van der Waals surface area contributed by atoms with Gasteiger partial charge in [0.2, 0.25) is 0 Å². The number of hydrogen-bond donors (Lipinski definition) is 1. The van der Waals surface area contributed by atoms with Crippen molar-refractivity contribution in [1.82, 2.24) is 4.98 Å². The maximum absolute atomic E-state index is 13.4. The predicted molar refractivity (Wildman–Crippen MR) is 62.6 cm³/mol. The van der Waals surface area contributed by atoms with E-state index >= 15 is 0 Å². The average molecular weight is 252 g/mol. The summed E-state index contributed by atoms with van der Waals surface area (Å²) in [6.07, 6.45) is 1.08. The fraction of sp³-hybridized carbons (Fsp3) is 0.154. The minimum atomic E-state index is -0.551. The van der Waals surface area contributed by atoms with Crippen LogP contribution >= 0.6 is 0 Å². The topological polar surface area (TPSA) is 24.9 Å². The molecule has 0 saturated carbocycles. The Morgan fingerprint density at radius 2 is 1.78 bits per heavy atom. The van der Waals surface area contributed by atoms with Gasteiger partial charge in [0.25, 0.3) is 0 Å². The van der Waals surface area contributed by atoms with E-state index in [9.17, 15) is 13.2 Å². The maximum Gasteiger partial charge on any atom is 0.146 e. The van der Waals surface area contributed by atoms with E-state index in [1.165, 1.54) is 12.1 Å². The summed E-state index contributed by atoms with van der Waals surface area (Å²) in [5, 5.41) is 2.79. The first kappa shape index (κ1) is 12.4. The van der Waals surface area contributed by atoms with E-state index in [1.807, 2.05) is 0 Å². The van der Waals surface area contributed by atoms with E-state index in [1.54, 1.807) is 6.92 Å². The zero-order valence-electron chi connectivity index (χ0n) is 9.62. The van der Waals surface area contributed by atoms with Crippen LogP contribution < -0.4 is 5.32 Å². The summed E-state index contributed by atoms with van der Waals surface area (Å²) in [4.78, 5) is 3.87. The van der Waals surface area contributed by atoms with E-state index in [4.69, 9.17) is 0 Å². The highest BCUT2D eigenvalue weighted by Crippen LogP contribution is 2.21. The molecular weight excluding hydrogens is 241 g/mol. The fourth-order valence-corrected chi connectivity index (χ4v) is 1.56. The molecule has 1 unspecified atom stereocenters. The van der Waals surface area contributed by atoms with Crippen molar-refractivity contribution in [1.29, 1.82) is 0 Å². The van der Waals surface area contributed by atoms with Crippen LogP contribution in [0.15, 0.2) is 36.5 Å². The minimum Gasteiger partial charge on any atom is -0.374 e. The number of rotatable bonds is 3. The Hall–Kier alpha value is -2.04. The van der Waals surface area contributed by atoms with Crippen LogP contribution in [0.25, 0.3) is 0 Å². The maximum atomic E-state index is 13.4. The van der Waals surface area contributed by atoms with Crippen LogP contribution in [0.3, 0.4) is 0 Å². The molecule has 1 aromatic carbocycles. The predicted octanol–water partition coefficient (Wildman–Crippen LogP) is 3.67. The van der Waals surface area contributed by atoms with Crippen LogP contribution in [0.2, 0.25) is 0 Å². The van der Waals surface area contributed by atoms with E-state index < -0.39 is 17.5 Å². The van der Waals surface area contributed by atoms with Crippen molar-refractivity contribution in [2.75, 3.05) is 5.32 Å². The number of anilines is 1. The SMILES string of the molecule is CC(Nc1cc(F)ccc1F)c1ccc(F)cn1. The molecule has 1 atom stereocenters. The third-order valence-electron chi connectivity index (χ3n) is 2.49. The van der Waals surface area contributed by atoms with Gasteiger partial charge in [0.05, 0.1) is 23.6 Å². The van der Waals surface area contributed by atoms with Gasteiger partial charge >= 0.3 is 0 Å². The first-order chi connectivity index (χ1) is 8.56. The second kappa shape index (κ2) is 5.08. The molecule has 0 spiro atoms. The summed E-state index contributed by atoms with van der Waals surface area (Å²) in [6, 6.07) is 5.55. The van der Waals surface area contributed by atoms with Gasteiger partial charge in [0.1, 0.15) is 17.5 Å². The molecule has 2 nitrogen and oxygen atoms in total. The molecule has 0 aliphatic rings. The van der Waals surface area contributed by atoms with Crippen molar-refractivity contribution < 1.29 is 13.2 Å². The number of pyridine rings is 1. The number of halogens is 3. The second-order valence-corrected chi connectivity index (χ2v) is 3.89. The summed E-state index contributed by atoms with van der Waals surface area (Å²) >= 11 is 0. The second-order valence-electron chi connectivity index (χ2n) is 3.89. The van der Waals surface area contributed by atoms with Crippen LogP contribution in [-0.4, -0.2) is 4.98 Å². The molecule has 2 aromatic rings. The van der Waals surface area contributed by atoms with Crippen molar-refractivity contribution in [3.05, 3.63) is 59.7 Å². The average Bonchev–Trinajstić information content (AvgIpc) is 2.34. The third-order valence-corrected chi connectivity index (χ3v) is 2.49. The number of nitrogens with one attached hydrogen (secondary N) is 1. The molecule has 0 bridgehead atoms. The van der Waals surface area contributed by atoms with E-state index in [-0.39, 0.29) is 11.7 Å². The number of aromatic nitrogens is 1. The summed E-state index contributed by atoms with van der Waals surface area (Å²) in [5.74, 6) is -1.52. The Balaban J connectivity index is 2.18. The Labute approximate surface area is 102 Å². The first-order valence-electron chi connectivity index (χ1n) is 5.39. The van der Waals surface area contributed by atoms with Gasteiger partial charge in [0.15, 0.2) is 0 Å². The van der Waals surface area contributed by atoms with Gasteiger partial charge in [-0.05, 0) is 37.3 Å². The number of benzene rings is 1. The third kappa shape index (κ3) is 2.80. The van der Waals surface area contributed by atoms with E-state index in [0.29, 0.717) is 5.69 Å². The highest BCUT2D eigenvalue weighted by molar-refractivity contribution is 5.46. The van der Waals surface area contributed by atoms with Crippen LogP contribution in [-0.2, 0) is 0 Å². The normalized spacial score (nSPS) is 12.2. The van der Waals surface area contributed by atoms with Gasteiger partial charge in [0, 0.05) is 0 Å². The van der Waals surface area contributed by atoms with Crippen molar-refractivity contribution in [2.45, 2.75) is 13.0 Å². The molecule has 0 fully saturated rings. The molecule has 18 heavy (non-hydrogen) atoms. The Morgan fingerprint density at radius 1 is 1.06 bits per heavy atom. The molecule has 1 N–H and O–H groups in total. The largest absolute Gasteiger partial charge is 0.374 e. The summed E-state index contributed by atoms with van der Waals surface area (Å²) < 4.78 is 39.1. The van der Waals surface area contributed by atoms with E-state index in [2.05, 4.69) is 10.3 Å². The lowest BCUT2D eigenvalue weighted by atomic mass is 10.2. The minimum absolute atomic E-state index is 0.0497. The molecule has 1 heterocycles. The van der Waals surface area contributed by atoms with Crippen molar-refractivity contribution in [3.63, 3.8) is 0 Å². The summed E-state index contributed by atoms with van der Waals surface area (Å²) in [5.41, 5.74) is 0.591. The van der Waals surface area contributed by atoms with Gasteiger partial charge in [-0.2, -0.15) is 0 Å². The van der Waals surface area contributed by atoms with Crippen molar-refractivity contribution >= 4 is 5.69 Å². The van der Waals surface area contributed by atoms with Crippen LogP contribution in [0, 0.1) is 17.5 Å². The zero-order valence-corrected chi connectivity index (χ0v) is 9.62. The molecule has 0 amide bonds. The van der Waals surface area contributed by atoms with Crippen molar-refractivity contribution in [3.8, 4) is 0 Å². The molecular formula is C13H11F3N2. The molecule has 0 aliphatic carbocycles. The molecule has 2 rings (SSSR count).